The van der Waals surface area contributed by atoms with Crippen molar-refractivity contribution in [2.75, 3.05) is 5.75 Å². The molecule has 0 aliphatic rings. The zero-order valence-electron chi connectivity index (χ0n) is 16.5. The van der Waals surface area contributed by atoms with E-state index < -0.39 is 26.8 Å². The summed E-state index contributed by atoms with van der Waals surface area (Å²) in [7, 11) is -4.46. The van der Waals surface area contributed by atoms with Gasteiger partial charge < -0.3 is 15.9 Å². The zero-order chi connectivity index (χ0) is 22.5. The van der Waals surface area contributed by atoms with Gasteiger partial charge in [-0.1, -0.05) is 42.5 Å². The maximum atomic E-state index is 12.9. The van der Waals surface area contributed by atoms with E-state index in [1.54, 1.807) is 36.7 Å². The molecule has 1 heterocycles. The van der Waals surface area contributed by atoms with Crippen molar-refractivity contribution < 1.29 is 23.4 Å². The molecule has 0 fully saturated rings. The molecule has 1 aromatic heterocycles. The van der Waals surface area contributed by atoms with Gasteiger partial charge in [-0.25, -0.2) is 8.42 Å². The van der Waals surface area contributed by atoms with Crippen molar-refractivity contribution in [3.05, 3.63) is 84.7 Å². The Balaban J connectivity index is 1.79. The van der Waals surface area contributed by atoms with Crippen molar-refractivity contribution in [2.45, 2.75) is 21.7 Å². The minimum Gasteiger partial charge on any atom is -0.376 e. The second-order valence-electron chi connectivity index (χ2n) is 6.92. The van der Waals surface area contributed by atoms with E-state index in [0.29, 0.717) is 5.75 Å². The SMILES string of the molecule is NC(=O)C(O)(CSCc1ccccc1)C(O)S(=O)(=O)c1ccc(-c2ccncc2)cc1. The number of amides is 1. The first-order valence-electron chi connectivity index (χ1n) is 9.31. The van der Waals surface area contributed by atoms with Crippen LogP contribution < -0.4 is 5.73 Å². The standard InChI is InChI=1S/C22H22N2O5S2/c23-20(25)22(27,15-30-14-16-4-2-1-3-5-16)21(26)31(28,29)19-8-6-17(7-9-19)18-10-12-24-13-11-18/h1-13,21,26-27H,14-15H2,(H2,23,25). The molecule has 0 spiro atoms. The lowest BCUT2D eigenvalue weighted by Crippen LogP contribution is -2.58. The van der Waals surface area contributed by atoms with Crippen molar-refractivity contribution in [1.29, 1.82) is 0 Å². The summed E-state index contributed by atoms with van der Waals surface area (Å²) in [6.45, 7) is 0. The van der Waals surface area contributed by atoms with Gasteiger partial charge in [-0.2, -0.15) is 11.8 Å². The molecule has 9 heteroatoms. The fraction of sp³-hybridized carbons (Fsp3) is 0.182. The van der Waals surface area contributed by atoms with Crippen molar-refractivity contribution in [3.8, 4) is 11.1 Å². The monoisotopic (exact) mass is 458 g/mol. The molecular weight excluding hydrogens is 436 g/mol. The van der Waals surface area contributed by atoms with Gasteiger partial charge in [0.05, 0.1) is 4.90 Å². The highest BCUT2D eigenvalue weighted by Gasteiger charge is 2.49. The lowest BCUT2D eigenvalue weighted by Gasteiger charge is -2.29. The van der Waals surface area contributed by atoms with Gasteiger partial charge in [-0.05, 0) is 41.0 Å². The average molecular weight is 459 g/mol. The van der Waals surface area contributed by atoms with E-state index in [1.807, 2.05) is 30.3 Å². The van der Waals surface area contributed by atoms with Crippen LogP contribution in [0.4, 0.5) is 0 Å². The molecule has 0 aliphatic carbocycles. The Morgan fingerprint density at radius 2 is 1.58 bits per heavy atom. The Kier molecular flexibility index (Phi) is 7.11. The normalized spacial score (nSPS) is 14.5. The summed E-state index contributed by atoms with van der Waals surface area (Å²) in [6.07, 6.45) is 3.23. The molecule has 0 bridgehead atoms. The average Bonchev–Trinajstić information content (AvgIpc) is 2.79. The topological polar surface area (TPSA) is 131 Å². The molecular formula is C22H22N2O5S2. The summed E-state index contributed by atoms with van der Waals surface area (Å²) in [5, 5.41) is 21.3. The summed E-state index contributed by atoms with van der Waals surface area (Å²) >= 11 is 1.10. The van der Waals surface area contributed by atoms with E-state index in [-0.39, 0.29) is 10.6 Å². The van der Waals surface area contributed by atoms with E-state index in [1.165, 1.54) is 12.1 Å². The minimum atomic E-state index is -4.46. The number of primary amides is 1. The van der Waals surface area contributed by atoms with Crippen LogP contribution in [0, 0.1) is 0 Å². The Bertz CT molecular complexity index is 1120. The van der Waals surface area contributed by atoms with Gasteiger partial charge in [0, 0.05) is 23.9 Å². The predicted octanol–water partition coefficient (Wildman–Crippen LogP) is 1.99. The Morgan fingerprint density at radius 3 is 2.16 bits per heavy atom. The van der Waals surface area contributed by atoms with Gasteiger partial charge in [0.25, 0.3) is 5.91 Å². The number of carbonyl (C=O) groups is 1. The lowest BCUT2D eigenvalue weighted by atomic mass is 10.1. The van der Waals surface area contributed by atoms with Crippen LogP contribution in [0.25, 0.3) is 11.1 Å². The highest BCUT2D eigenvalue weighted by molar-refractivity contribution is 7.98. The third kappa shape index (κ3) is 5.13. The highest BCUT2D eigenvalue weighted by atomic mass is 32.2. The summed E-state index contributed by atoms with van der Waals surface area (Å²) in [5.74, 6) is -1.28. The molecule has 1 amide bonds. The number of thioether (sulfide) groups is 1. The molecule has 7 nitrogen and oxygen atoms in total. The van der Waals surface area contributed by atoms with E-state index in [4.69, 9.17) is 5.73 Å². The molecule has 2 unspecified atom stereocenters. The zero-order valence-corrected chi connectivity index (χ0v) is 18.1. The lowest BCUT2D eigenvalue weighted by molar-refractivity contribution is -0.139. The van der Waals surface area contributed by atoms with Crippen LogP contribution in [0.2, 0.25) is 0 Å². The Hall–Kier alpha value is -2.72. The number of hydrogen-bond donors (Lipinski definition) is 3. The van der Waals surface area contributed by atoms with E-state index in [0.717, 1.165) is 28.5 Å². The van der Waals surface area contributed by atoms with Gasteiger partial charge in [-0.3, -0.25) is 9.78 Å². The van der Waals surface area contributed by atoms with Gasteiger partial charge in [0.2, 0.25) is 9.84 Å². The molecule has 2 atom stereocenters. The molecule has 4 N–H and O–H groups in total. The first-order chi connectivity index (χ1) is 14.7. The smallest absolute Gasteiger partial charge is 0.254 e. The Morgan fingerprint density at radius 1 is 1.00 bits per heavy atom. The third-order valence-corrected chi connectivity index (χ3v) is 7.85. The number of carbonyl (C=O) groups excluding carboxylic acids is 1. The van der Waals surface area contributed by atoms with Crippen LogP contribution in [0.1, 0.15) is 5.56 Å². The summed E-state index contributed by atoms with van der Waals surface area (Å²) in [4.78, 5) is 15.7. The van der Waals surface area contributed by atoms with Gasteiger partial charge in [0.15, 0.2) is 11.0 Å². The minimum absolute atomic E-state index is 0.231. The van der Waals surface area contributed by atoms with E-state index >= 15 is 0 Å². The quantitative estimate of drug-likeness (QED) is 0.447. The fourth-order valence-electron chi connectivity index (χ4n) is 2.93. The maximum Gasteiger partial charge on any atom is 0.254 e. The van der Waals surface area contributed by atoms with Gasteiger partial charge >= 0.3 is 0 Å². The van der Waals surface area contributed by atoms with Crippen LogP contribution in [-0.2, 0) is 20.4 Å². The van der Waals surface area contributed by atoms with Gasteiger partial charge in [-0.15, -0.1) is 0 Å². The number of sulfone groups is 1. The molecule has 162 valence electrons. The van der Waals surface area contributed by atoms with Crippen LogP contribution >= 0.6 is 11.8 Å². The number of hydrogen-bond acceptors (Lipinski definition) is 7. The molecule has 0 saturated carbocycles. The summed E-state index contributed by atoms with van der Waals surface area (Å²) in [5.41, 5.74) is 2.74. The molecule has 3 aromatic rings. The number of nitrogens with two attached hydrogens (primary N) is 1. The Labute approximate surface area is 184 Å². The first kappa shape index (κ1) is 23.0. The summed E-state index contributed by atoms with van der Waals surface area (Å²) in [6, 6.07) is 18.6. The molecule has 3 rings (SSSR count). The van der Waals surface area contributed by atoms with Crippen LogP contribution in [0.3, 0.4) is 0 Å². The van der Waals surface area contributed by atoms with E-state index in [2.05, 4.69) is 4.98 Å². The molecule has 0 radical (unpaired) electrons. The van der Waals surface area contributed by atoms with Crippen LogP contribution in [0.15, 0.2) is 84.0 Å². The second kappa shape index (κ2) is 9.61. The van der Waals surface area contributed by atoms with Gasteiger partial charge in [0.1, 0.15) is 0 Å². The summed E-state index contributed by atoms with van der Waals surface area (Å²) < 4.78 is 25.9. The van der Waals surface area contributed by atoms with Crippen molar-refractivity contribution in [1.82, 2.24) is 4.98 Å². The van der Waals surface area contributed by atoms with Crippen molar-refractivity contribution in [3.63, 3.8) is 0 Å². The number of benzene rings is 2. The predicted molar refractivity (Wildman–Crippen MR) is 120 cm³/mol. The number of rotatable bonds is 9. The molecule has 2 aromatic carbocycles. The number of aliphatic hydroxyl groups excluding tert-OH is 1. The first-order valence-corrected chi connectivity index (χ1v) is 12.0. The number of pyridine rings is 1. The highest BCUT2D eigenvalue weighted by Crippen LogP contribution is 2.29. The molecule has 0 aliphatic heterocycles. The van der Waals surface area contributed by atoms with Crippen molar-refractivity contribution >= 4 is 27.5 Å². The fourth-order valence-corrected chi connectivity index (χ4v) is 5.66. The number of aromatic nitrogens is 1. The largest absolute Gasteiger partial charge is 0.376 e. The second-order valence-corrected chi connectivity index (χ2v) is 9.92. The molecule has 0 saturated heterocycles. The number of nitrogens with zero attached hydrogens (tertiary/aromatic N) is 1. The third-order valence-electron chi connectivity index (χ3n) is 4.76. The molecule has 31 heavy (non-hydrogen) atoms. The van der Waals surface area contributed by atoms with Crippen LogP contribution in [0.5, 0.6) is 0 Å². The number of aliphatic hydroxyl groups is 2. The van der Waals surface area contributed by atoms with Crippen LogP contribution in [-0.4, -0.2) is 46.3 Å². The maximum absolute atomic E-state index is 12.9. The van der Waals surface area contributed by atoms with E-state index in [9.17, 15) is 23.4 Å². The van der Waals surface area contributed by atoms with Crippen molar-refractivity contribution in [2.24, 2.45) is 5.73 Å².